The van der Waals surface area contributed by atoms with Crippen LogP contribution in [0.15, 0.2) is 42.5 Å². The van der Waals surface area contributed by atoms with E-state index in [0.717, 1.165) is 4.90 Å². The maximum absolute atomic E-state index is 13.1. The lowest BCUT2D eigenvalue weighted by Gasteiger charge is -2.13. The van der Waals surface area contributed by atoms with Gasteiger partial charge in [0.15, 0.2) is 5.78 Å². The van der Waals surface area contributed by atoms with Crippen LogP contribution in [0.25, 0.3) is 11.3 Å². The number of nitrogens with zero attached hydrogens (tertiary/aromatic N) is 1. The van der Waals surface area contributed by atoms with E-state index in [-0.39, 0.29) is 11.4 Å². The van der Waals surface area contributed by atoms with Crippen LogP contribution in [0.3, 0.4) is 0 Å². The third-order valence-electron chi connectivity index (χ3n) is 4.41. The summed E-state index contributed by atoms with van der Waals surface area (Å²) in [5, 5.41) is 0. The molecule has 6 nitrogen and oxygen atoms in total. The molecule has 1 aliphatic rings. The van der Waals surface area contributed by atoms with Gasteiger partial charge in [0, 0.05) is 23.6 Å². The average molecular weight is 365 g/mol. The second-order valence-electron chi connectivity index (χ2n) is 6.09. The molecule has 0 spiro atoms. The van der Waals surface area contributed by atoms with Crippen LogP contribution >= 0.6 is 0 Å². The minimum atomic E-state index is -0.488. The number of rotatable bonds is 4. The first-order valence-electron chi connectivity index (χ1n) is 8.32. The van der Waals surface area contributed by atoms with Gasteiger partial charge in [0.05, 0.1) is 25.5 Å². The Balaban J connectivity index is 2.31. The highest BCUT2D eigenvalue weighted by Gasteiger charge is 2.38. The fourth-order valence-electron chi connectivity index (χ4n) is 3.15. The molecular weight excluding hydrogens is 346 g/mol. The van der Waals surface area contributed by atoms with Gasteiger partial charge < -0.3 is 9.47 Å². The van der Waals surface area contributed by atoms with Crippen molar-refractivity contribution in [3.8, 4) is 5.75 Å². The molecule has 138 valence electrons. The molecule has 2 amide bonds. The molecular formula is C21H19NO5. The molecule has 1 aliphatic heterocycles. The zero-order chi connectivity index (χ0) is 19.7. The fourth-order valence-corrected chi connectivity index (χ4v) is 3.15. The van der Waals surface area contributed by atoms with Crippen LogP contribution in [0.1, 0.15) is 35.3 Å². The number of ketones is 1. The molecule has 0 atom stereocenters. The Hall–Kier alpha value is -3.41. The van der Waals surface area contributed by atoms with Gasteiger partial charge >= 0.3 is 0 Å². The molecule has 1 heterocycles. The fraction of sp³-hybridized carbons (Fsp3) is 0.190. The molecule has 2 aromatic rings. The van der Waals surface area contributed by atoms with Gasteiger partial charge in [0.25, 0.3) is 5.91 Å². The van der Waals surface area contributed by atoms with E-state index < -0.39 is 11.8 Å². The maximum Gasteiger partial charge on any atom is 0.269 e. The van der Waals surface area contributed by atoms with E-state index in [1.807, 2.05) is 0 Å². The summed E-state index contributed by atoms with van der Waals surface area (Å²) < 4.78 is 10.8. The van der Waals surface area contributed by atoms with Crippen molar-refractivity contribution in [1.82, 2.24) is 0 Å². The van der Waals surface area contributed by atoms with Gasteiger partial charge in [0.2, 0.25) is 5.91 Å². The topological polar surface area (TPSA) is 72.9 Å². The van der Waals surface area contributed by atoms with Crippen molar-refractivity contribution < 1.29 is 23.9 Å². The highest BCUT2D eigenvalue weighted by atomic mass is 16.5. The lowest BCUT2D eigenvalue weighted by molar-refractivity contribution is -0.122. The summed E-state index contributed by atoms with van der Waals surface area (Å²) in [4.78, 5) is 38.1. The van der Waals surface area contributed by atoms with Gasteiger partial charge in [-0.25, -0.2) is 4.90 Å². The third kappa shape index (κ3) is 3.10. The molecule has 0 fully saturated rings. The number of hydrogen-bond acceptors (Lipinski definition) is 5. The van der Waals surface area contributed by atoms with E-state index >= 15 is 0 Å². The summed E-state index contributed by atoms with van der Waals surface area (Å²) in [6.07, 6.45) is 0. The minimum absolute atomic E-state index is 0.133. The monoisotopic (exact) mass is 365 g/mol. The largest absolute Gasteiger partial charge is 0.497 e. The Morgan fingerprint density at radius 3 is 2.30 bits per heavy atom. The van der Waals surface area contributed by atoms with Crippen LogP contribution in [0, 0.1) is 0 Å². The Labute approximate surface area is 157 Å². The molecule has 0 saturated carbocycles. The maximum atomic E-state index is 13.1. The summed E-state index contributed by atoms with van der Waals surface area (Å²) in [7, 11) is 3.01. The van der Waals surface area contributed by atoms with Crippen molar-refractivity contribution in [3.63, 3.8) is 0 Å². The molecule has 0 aliphatic carbocycles. The van der Waals surface area contributed by atoms with Gasteiger partial charge in [-0.15, -0.1) is 0 Å². The quantitative estimate of drug-likeness (QED) is 0.472. The second kappa shape index (κ2) is 7.07. The van der Waals surface area contributed by atoms with Gasteiger partial charge in [-0.2, -0.15) is 0 Å². The molecule has 6 heteroatoms. The van der Waals surface area contributed by atoms with E-state index in [1.165, 1.54) is 21.0 Å². The summed E-state index contributed by atoms with van der Waals surface area (Å²) in [6, 6.07) is 11.9. The van der Waals surface area contributed by atoms with Crippen molar-refractivity contribution in [2.24, 2.45) is 0 Å². The Morgan fingerprint density at radius 2 is 1.70 bits per heavy atom. The van der Waals surface area contributed by atoms with E-state index in [9.17, 15) is 14.4 Å². The Kier molecular flexibility index (Phi) is 4.81. The van der Waals surface area contributed by atoms with Gasteiger partial charge in [-0.3, -0.25) is 14.4 Å². The van der Waals surface area contributed by atoms with Crippen LogP contribution in [0.4, 0.5) is 5.69 Å². The summed E-state index contributed by atoms with van der Waals surface area (Å²) in [5.41, 5.74) is 2.24. The first-order chi connectivity index (χ1) is 12.9. The number of hydrogen-bond donors (Lipinski definition) is 0. The lowest BCUT2D eigenvalue weighted by Crippen LogP contribution is -2.31. The number of fused-ring (bicyclic) bond motifs is 1. The number of anilines is 1. The number of methoxy groups -OCH3 is 2. The molecule has 3 rings (SSSR count). The van der Waals surface area contributed by atoms with Gasteiger partial charge in [-0.1, -0.05) is 12.1 Å². The summed E-state index contributed by atoms with van der Waals surface area (Å²) in [5.74, 6) is -0.115. The molecule has 0 aromatic heterocycles. The highest BCUT2D eigenvalue weighted by molar-refractivity contribution is 6.43. The van der Waals surface area contributed by atoms with Crippen LogP contribution in [-0.2, 0) is 14.3 Å². The number of Topliss-reactive ketones (excluding diaryl/α,β-unsaturated/α-hetero) is 1. The van der Waals surface area contributed by atoms with E-state index in [4.69, 9.17) is 9.47 Å². The Bertz CT molecular complexity index is 990. The number of carbonyl (C=O) groups excluding carboxylic acids is 3. The third-order valence-corrected chi connectivity index (χ3v) is 4.41. The van der Waals surface area contributed by atoms with Crippen molar-refractivity contribution in [1.29, 1.82) is 0 Å². The number of carbonyl (C=O) groups is 3. The highest BCUT2D eigenvalue weighted by Crippen LogP contribution is 2.42. The van der Waals surface area contributed by atoms with Crippen molar-refractivity contribution in [3.05, 3.63) is 59.2 Å². The van der Waals surface area contributed by atoms with Crippen molar-refractivity contribution >= 4 is 34.6 Å². The van der Waals surface area contributed by atoms with Gasteiger partial charge in [-0.05, 0) is 37.3 Å². The SMILES string of the molecule is CO/C(=C1\C(=O)N(C(C)=O)c2ccc(C(C)=O)cc21)c1cccc(OC)c1. The molecule has 27 heavy (non-hydrogen) atoms. The van der Waals surface area contributed by atoms with Gasteiger partial charge in [0.1, 0.15) is 11.5 Å². The number of ether oxygens (including phenoxy) is 2. The molecule has 0 unspecified atom stereocenters. The van der Waals surface area contributed by atoms with E-state index in [1.54, 1.807) is 49.6 Å². The Morgan fingerprint density at radius 1 is 0.963 bits per heavy atom. The predicted octanol–water partition coefficient (Wildman–Crippen LogP) is 3.31. The predicted molar refractivity (Wildman–Crippen MR) is 101 cm³/mol. The molecule has 0 saturated heterocycles. The molecule has 0 N–H and O–H groups in total. The van der Waals surface area contributed by atoms with E-state index in [2.05, 4.69) is 0 Å². The summed E-state index contributed by atoms with van der Waals surface area (Å²) in [6.45, 7) is 2.77. The van der Waals surface area contributed by atoms with E-state index in [0.29, 0.717) is 33.9 Å². The normalized spacial score (nSPS) is 14.7. The van der Waals surface area contributed by atoms with Crippen LogP contribution in [0.5, 0.6) is 5.75 Å². The molecule has 0 bridgehead atoms. The first-order valence-corrected chi connectivity index (χ1v) is 8.32. The first kappa shape index (κ1) is 18.4. The van der Waals surface area contributed by atoms with Crippen LogP contribution in [-0.4, -0.2) is 31.8 Å². The number of imide groups is 1. The second-order valence-corrected chi connectivity index (χ2v) is 6.09. The summed E-state index contributed by atoms with van der Waals surface area (Å²) >= 11 is 0. The smallest absolute Gasteiger partial charge is 0.269 e. The van der Waals surface area contributed by atoms with Crippen molar-refractivity contribution in [2.45, 2.75) is 13.8 Å². The number of benzene rings is 2. The average Bonchev–Trinajstić information content (AvgIpc) is 2.94. The zero-order valence-corrected chi connectivity index (χ0v) is 15.5. The van der Waals surface area contributed by atoms with Crippen molar-refractivity contribution in [2.75, 3.05) is 19.1 Å². The van der Waals surface area contributed by atoms with Crippen LogP contribution < -0.4 is 9.64 Å². The molecule has 0 radical (unpaired) electrons. The van der Waals surface area contributed by atoms with Crippen LogP contribution in [0.2, 0.25) is 0 Å². The standard InChI is InChI=1S/C21H19NO5/c1-12(23)14-8-9-18-17(11-14)19(21(25)22(18)13(2)24)20(27-4)15-6-5-7-16(10-15)26-3/h5-11H,1-4H3/b20-19-. The zero-order valence-electron chi connectivity index (χ0n) is 15.5. The number of amides is 2. The lowest BCUT2D eigenvalue weighted by atomic mass is 9.99. The molecule has 2 aromatic carbocycles. The minimum Gasteiger partial charge on any atom is -0.497 e.